The Labute approximate surface area is 133 Å². The standard InChI is InChI=1S/C16H21BrFN3/c1-4-11(2)21-8-7-13(20-21)10-16(19-3)12-5-6-15(18)14(17)9-12/h5-9,11,16,19H,4,10H2,1-3H3. The van der Waals surface area contributed by atoms with E-state index in [0.717, 1.165) is 24.1 Å². The lowest BCUT2D eigenvalue weighted by Gasteiger charge is -2.16. The minimum absolute atomic E-state index is 0.113. The molecule has 2 aromatic rings. The number of likely N-dealkylation sites (N-methyl/N-ethyl adjacent to an activating group) is 1. The molecule has 0 radical (unpaired) electrons. The molecule has 2 rings (SSSR count). The molecule has 1 aromatic carbocycles. The Kier molecular flexibility index (Phi) is 5.53. The number of rotatable bonds is 6. The van der Waals surface area contributed by atoms with Gasteiger partial charge in [0.2, 0.25) is 0 Å². The van der Waals surface area contributed by atoms with E-state index in [1.54, 1.807) is 0 Å². The van der Waals surface area contributed by atoms with Crippen LogP contribution in [0.3, 0.4) is 0 Å². The Morgan fingerprint density at radius 3 is 2.76 bits per heavy atom. The van der Waals surface area contributed by atoms with Gasteiger partial charge in [-0.25, -0.2) is 4.39 Å². The Morgan fingerprint density at radius 1 is 1.38 bits per heavy atom. The Balaban J connectivity index is 2.15. The van der Waals surface area contributed by atoms with Crippen molar-refractivity contribution in [2.24, 2.45) is 0 Å². The second kappa shape index (κ2) is 7.18. The summed E-state index contributed by atoms with van der Waals surface area (Å²) in [5.41, 5.74) is 2.08. The van der Waals surface area contributed by atoms with Gasteiger partial charge in [-0.15, -0.1) is 0 Å². The van der Waals surface area contributed by atoms with Crippen LogP contribution in [0.2, 0.25) is 0 Å². The van der Waals surface area contributed by atoms with Gasteiger partial charge in [0.15, 0.2) is 0 Å². The van der Waals surface area contributed by atoms with Gasteiger partial charge in [0.25, 0.3) is 0 Å². The molecule has 1 N–H and O–H groups in total. The molecule has 0 spiro atoms. The van der Waals surface area contributed by atoms with Crippen molar-refractivity contribution in [2.45, 2.75) is 38.8 Å². The highest BCUT2D eigenvalue weighted by molar-refractivity contribution is 9.10. The van der Waals surface area contributed by atoms with E-state index in [1.807, 2.05) is 30.1 Å². The van der Waals surface area contributed by atoms with Gasteiger partial charge in [-0.3, -0.25) is 4.68 Å². The monoisotopic (exact) mass is 353 g/mol. The van der Waals surface area contributed by atoms with E-state index in [4.69, 9.17) is 0 Å². The molecule has 1 heterocycles. The summed E-state index contributed by atoms with van der Waals surface area (Å²) in [6.45, 7) is 4.31. The number of benzene rings is 1. The van der Waals surface area contributed by atoms with Gasteiger partial charge in [-0.1, -0.05) is 13.0 Å². The van der Waals surface area contributed by atoms with Crippen molar-refractivity contribution in [3.05, 3.63) is 52.0 Å². The van der Waals surface area contributed by atoms with Crippen LogP contribution in [0.25, 0.3) is 0 Å². The number of aromatic nitrogens is 2. The highest BCUT2D eigenvalue weighted by atomic mass is 79.9. The number of hydrogen-bond acceptors (Lipinski definition) is 2. The van der Waals surface area contributed by atoms with E-state index in [9.17, 15) is 4.39 Å². The van der Waals surface area contributed by atoms with E-state index in [-0.39, 0.29) is 11.9 Å². The fourth-order valence-electron chi connectivity index (χ4n) is 2.24. The summed E-state index contributed by atoms with van der Waals surface area (Å²) >= 11 is 3.24. The lowest BCUT2D eigenvalue weighted by Crippen LogP contribution is -2.19. The van der Waals surface area contributed by atoms with E-state index in [1.165, 1.54) is 6.07 Å². The molecule has 0 aliphatic rings. The Morgan fingerprint density at radius 2 is 2.14 bits per heavy atom. The molecule has 1 aromatic heterocycles. The number of nitrogens with zero attached hydrogens (tertiary/aromatic N) is 2. The predicted octanol–water partition coefficient (Wildman–Crippen LogP) is 4.26. The van der Waals surface area contributed by atoms with Crippen LogP contribution in [0.1, 0.15) is 43.6 Å². The van der Waals surface area contributed by atoms with E-state index in [0.29, 0.717) is 10.5 Å². The smallest absolute Gasteiger partial charge is 0.137 e. The van der Waals surface area contributed by atoms with Gasteiger partial charge < -0.3 is 5.32 Å². The first kappa shape index (κ1) is 16.2. The van der Waals surface area contributed by atoms with Crippen LogP contribution < -0.4 is 5.32 Å². The molecule has 2 unspecified atom stereocenters. The van der Waals surface area contributed by atoms with E-state index >= 15 is 0 Å². The van der Waals surface area contributed by atoms with Gasteiger partial charge >= 0.3 is 0 Å². The van der Waals surface area contributed by atoms with Gasteiger partial charge in [-0.2, -0.15) is 5.10 Å². The second-order valence-corrected chi connectivity index (χ2v) is 6.12. The molecule has 2 atom stereocenters. The van der Waals surface area contributed by atoms with Crippen LogP contribution in [0, 0.1) is 5.82 Å². The molecule has 114 valence electrons. The predicted molar refractivity (Wildman–Crippen MR) is 86.8 cm³/mol. The molecule has 0 bridgehead atoms. The van der Waals surface area contributed by atoms with Gasteiger partial charge in [0.1, 0.15) is 5.82 Å². The summed E-state index contributed by atoms with van der Waals surface area (Å²) in [7, 11) is 1.91. The first-order valence-electron chi connectivity index (χ1n) is 7.21. The zero-order valence-corrected chi connectivity index (χ0v) is 14.2. The minimum Gasteiger partial charge on any atom is -0.313 e. The van der Waals surface area contributed by atoms with Crippen LogP contribution in [0.4, 0.5) is 4.39 Å². The number of halogens is 2. The third-order valence-electron chi connectivity index (χ3n) is 3.81. The van der Waals surface area contributed by atoms with Crippen LogP contribution in [-0.2, 0) is 6.42 Å². The third kappa shape index (κ3) is 3.92. The first-order valence-corrected chi connectivity index (χ1v) is 8.00. The quantitative estimate of drug-likeness (QED) is 0.840. The summed E-state index contributed by atoms with van der Waals surface area (Å²) in [5.74, 6) is -0.241. The molecule has 0 aliphatic carbocycles. The molecular weight excluding hydrogens is 333 g/mol. The average Bonchev–Trinajstić information content (AvgIpc) is 2.95. The maximum Gasteiger partial charge on any atom is 0.137 e. The number of nitrogens with one attached hydrogen (secondary N) is 1. The van der Waals surface area contributed by atoms with Crippen molar-refractivity contribution < 1.29 is 4.39 Å². The Bertz CT molecular complexity index is 597. The summed E-state index contributed by atoms with van der Waals surface area (Å²) in [6, 6.07) is 7.69. The summed E-state index contributed by atoms with van der Waals surface area (Å²) in [5, 5.41) is 7.90. The SMILES string of the molecule is CCC(C)n1ccc(CC(NC)c2ccc(F)c(Br)c2)n1. The maximum absolute atomic E-state index is 13.3. The Hall–Kier alpha value is -1.20. The van der Waals surface area contributed by atoms with Gasteiger partial charge in [0, 0.05) is 24.7 Å². The molecular formula is C16H21BrFN3. The first-order chi connectivity index (χ1) is 10.0. The van der Waals surface area contributed by atoms with Gasteiger partial charge in [0.05, 0.1) is 10.2 Å². The van der Waals surface area contributed by atoms with Crippen molar-refractivity contribution in [1.29, 1.82) is 0 Å². The molecule has 3 nitrogen and oxygen atoms in total. The molecule has 0 saturated carbocycles. The lowest BCUT2D eigenvalue weighted by molar-refractivity contribution is 0.469. The number of hydrogen-bond donors (Lipinski definition) is 1. The summed E-state index contributed by atoms with van der Waals surface area (Å²) in [4.78, 5) is 0. The van der Waals surface area contributed by atoms with Crippen molar-refractivity contribution in [1.82, 2.24) is 15.1 Å². The van der Waals surface area contributed by atoms with Crippen molar-refractivity contribution in [3.63, 3.8) is 0 Å². The minimum atomic E-state index is -0.241. The lowest BCUT2D eigenvalue weighted by atomic mass is 10.0. The third-order valence-corrected chi connectivity index (χ3v) is 4.42. The van der Waals surface area contributed by atoms with Gasteiger partial charge in [-0.05, 0) is 60.1 Å². The molecule has 0 fully saturated rings. The molecule has 0 saturated heterocycles. The van der Waals surface area contributed by atoms with Crippen LogP contribution in [-0.4, -0.2) is 16.8 Å². The topological polar surface area (TPSA) is 29.9 Å². The molecule has 0 amide bonds. The largest absolute Gasteiger partial charge is 0.313 e. The van der Waals surface area contributed by atoms with Crippen LogP contribution >= 0.6 is 15.9 Å². The normalized spacial score (nSPS) is 14.1. The summed E-state index contributed by atoms with van der Waals surface area (Å²) in [6.07, 6.45) is 3.86. The molecule has 5 heteroatoms. The fraction of sp³-hybridized carbons (Fsp3) is 0.438. The van der Waals surface area contributed by atoms with E-state index in [2.05, 4.69) is 46.3 Å². The summed E-state index contributed by atoms with van der Waals surface area (Å²) < 4.78 is 15.8. The average molecular weight is 354 g/mol. The maximum atomic E-state index is 13.3. The highest BCUT2D eigenvalue weighted by Crippen LogP contribution is 2.23. The second-order valence-electron chi connectivity index (χ2n) is 5.26. The van der Waals surface area contributed by atoms with Crippen molar-refractivity contribution >= 4 is 15.9 Å². The van der Waals surface area contributed by atoms with Crippen molar-refractivity contribution in [3.8, 4) is 0 Å². The van der Waals surface area contributed by atoms with Crippen LogP contribution in [0.5, 0.6) is 0 Å². The highest BCUT2D eigenvalue weighted by Gasteiger charge is 2.14. The fourth-order valence-corrected chi connectivity index (χ4v) is 2.64. The van der Waals surface area contributed by atoms with E-state index < -0.39 is 0 Å². The molecule has 21 heavy (non-hydrogen) atoms. The zero-order chi connectivity index (χ0) is 15.4. The van der Waals surface area contributed by atoms with Crippen LogP contribution in [0.15, 0.2) is 34.9 Å². The van der Waals surface area contributed by atoms with Crippen molar-refractivity contribution in [2.75, 3.05) is 7.05 Å². The zero-order valence-electron chi connectivity index (χ0n) is 12.6. The molecule has 0 aliphatic heterocycles.